The van der Waals surface area contributed by atoms with Crippen molar-refractivity contribution in [3.63, 3.8) is 0 Å². The van der Waals surface area contributed by atoms with Crippen LogP contribution in [0.15, 0.2) is 42.6 Å². The van der Waals surface area contributed by atoms with Gasteiger partial charge in [0.15, 0.2) is 0 Å². The lowest BCUT2D eigenvalue weighted by Gasteiger charge is -2.18. The molecule has 1 aromatic carbocycles. The number of aromatic nitrogens is 1. The molecule has 1 aliphatic heterocycles. The summed E-state index contributed by atoms with van der Waals surface area (Å²) >= 11 is 0. The minimum absolute atomic E-state index is 0. The van der Waals surface area contributed by atoms with Gasteiger partial charge in [0.25, 0.3) is 0 Å². The van der Waals surface area contributed by atoms with Gasteiger partial charge in [-0.25, -0.2) is 4.98 Å². The van der Waals surface area contributed by atoms with E-state index in [1.54, 1.807) is 12.1 Å². The molecule has 0 aliphatic carbocycles. The molecule has 1 aromatic heterocycles. The highest BCUT2D eigenvalue weighted by molar-refractivity contribution is 5.85. The van der Waals surface area contributed by atoms with Gasteiger partial charge in [-0.05, 0) is 30.2 Å². The van der Waals surface area contributed by atoms with Crippen LogP contribution in [0, 0.1) is 5.95 Å². The Morgan fingerprint density at radius 2 is 2.00 bits per heavy atom. The van der Waals surface area contributed by atoms with Gasteiger partial charge < -0.3 is 10.2 Å². The zero-order valence-corrected chi connectivity index (χ0v) is 14.1. The molecular formula is C17H18ClF4N3. The zero-order chi connectivity index (χ0) is 17.2. The van der Waals surface area contributed by atoms with Crippen LogP contribution in [-0.4, -0.2) is 24.1 Å². The monoisotopic (exact) mass is 375 g/mol. The molecule has 136 valence electrons. The first-order valence-corrected chi connectivity index (χ1v) is 7.68. The second kappa shape index (κ2) is 8.01. The van der Waals surface area contributed by atoms with Crippen molar-refractivity contribution < 1.29 is 17.6 Å². The van der Waals surface area contributed by atoms with Gasteiger partial charge in [-0.3, -0.25) is 0 Å². The first-order chi connectivity index (χ1) is 11.4. The predicted molar refractivity (Wildman–Crippen MR) is 90.3 cm³/mol. The van der Waals surface area contributed by atoms with Gasteiger partial charge in [0.05, 0.1) is 17.4 Å². The van der Waals surface area contributed by atoms with Crippen LogP contribution in [0.5, 0.6) is 0 Å². The molecule has 1 saturated heterocycles. The molecule has 1 unspecified atom stereocenters. The van der Waals surface area contributed by atoms with Crippen molar-refractivity contribution in [2.24, 2.45) is 0 Å². The summed E-state index contributed by atoms with van der Waals surface area (Å²) in [4.78, 5) is 5.72. The number of hydrogen-bond acceptors (Lipinski definition) is 3. The lowest BCUT2D eigenvalue weighted by molar-refractivity contribution is -0.137. The second-order valence-electron chi connectivity index (χ2n) is 5.85. The van der Waals surface area contributed by atoms with E-state index in [9.17, 15) is 17.6 Å². The average molecular weight is 376 g/mol. The van der Waals surface area contributed by atoms with Crippen molar-refractivity contribution in [2.45, 2.75) is 25.2 Å². The van der Waals surface area contributed by atoms with Gasteiger partial charge in [0.1, 0.15) is 0 Å². The molecule has 0 amide bonds. The summed E-state index contributed by atoms with van der Waals surface area (Å²) in [5, 5.41) is 3.28. The van der Waals surface area contributed by atoms with Crippen molar-refractivity contribution in [3.05, 3.63) is 59.7 Å². The average Bonchev–Trinajstić information content (AvgIpc) is 3.02. The Morgan fingerprint density at radius 1 is 1.20 bits per heavy atom. The molecule has 2 heterocycles. The largest absolute Gasteiger partial charge is 0.416 e. The smallest absolute Gasteiger partial charge is 0.369 e. The minimum atomic E-state index is -4.32. The Kier molecular flexibility index (Phi) is 6.24. The number of hydrogen-bond donors (Lipinski definition) is 1. The molecule has 3 rings (SSSR count). The van der Waals surface area contributed by atoms with E-state index in [1.165, 1.54) is 24.4 Å². The summed E-state index contributed by atoms with van der Waals surface area (Å²) in [6, 6.07) is 8.51. The van der Waals surface area contributed by atoms with Crippen LogP contribution >= 0.6 is 12.4 Å². The molecular weight excluding hydrogens is 358 g/mol. The van der Waals surface area contributed by atoms with Gasteiger partial charge in [0, 0.05) is 25.7 Å². The zero-order valence-electron chi connectivity index (χ0n) is 13.3. The summed E-state index contributed by atoms with van der Waals surface area (Å²) in [7, 11) is 0. The summed E-state index contributed by atoms with van der Waals surface area (Å²) in [5.41, 5.74) is 0.818. The maximum atomic E-state index is 12.9. The second-order valence-corrected chi connectivity index (χ2v) is 5.85. The quantitative estimate of drug-likeness (QED) is 0.646. The maximum absolute atomic E-state index is 12.9. The molecule has 8 heteroatoms. The fourth-order valence-corrected chi connectivity index (χ4v) is 2.84. The third kappa shape index (κ3) is 5.06. The van der Waals surface area contributed by atoms with E-state index in [-0.39, 0.29) is 18.4 Å². The van der Waals surface area contributed by atoms with Crippen LogP contribution in [0.1, 0.15) is 17.5 Å². The maximum Gasteiger partial charge on any atom is 0.416 e. The topological polar surface area (TPSA) is 28.2 Å². The SMILES string of the molecule is Cl.Fc1ccc(N2CCC(NCc3cccc(C(F)(F)F)c3)C2)cn1. The molecule has 25 heavy (non-hydrogen) atoms. The summed E-state index contributed by atoms with van der Waals surface area (Å²) in [5.74, 6) is -0.517. The van der Waals surface area contributed by atoms with Gasteiger partial charge in [-0.1, -0.05) is 18.2 Å². The lowest BCUT2D eigenvalue weighted by Crippen LogP contribution is -2.32. The summed E-state index contributed by atoms with van der Waals surface area (Å²) < 4.78 is 51.0. The minimum Gasteiger partial charge on any atom is -0.369 e. The van der Waals surface area contributed by atoms with E-state index in [0.29, 0.717) is 18.7 Å². The van der Waals surface area contributed by atoms with Crippen LogP contribution in [0.4, 0.5) is 23.2 Å². The molecule has 1 aliphatic rings. The number of pyridine rings is 1. The van der Waals surface area contributed by atoms with Crippen LogP contribution in [-0.2, 0) is 12.7 Å². The van der Waals surface area contributed by atoms with Crippen molar-refractivity contribution in [1.82, 2.24) is 10.3 Å². The number of nitrogens with one attached hydrogen (secondary N) is 1. The highest BCUT2D eigenvalue weighted by Crippen LogP contribution is 2.29. The van der Waals surface area contributed by atoms with Crippen molar-refractivity contribution in [2.75, 3.05) is 18.0 Å². The number of benzene rings is 1. The number of rotatable bonds is 4. The Morgan fingerprint density at radius 3 is 2.68 bits per heavy atom. The Labute approximate surface area is 149 Å². The van der Waals surface area contributed by atoms with Crippen LogP contribution in [0.3, 0.4) is 0 Å². The third-order valence-corrected chi connectivity index (χ3v) is 4.11. The summed E-state index contributed by atoms with van der Waals surface area (Å²) in [6.07, 6.45) is -1.96. The number of alkyl halides is 3. The molecule has 2 aromatic rings. The van der Waals surface area contributed by atoms with E-state index in [2.05, 4.69) is 15.2 Å². The van der Waals surface area contributed by atoms with E-state index in [0.717, 1.165) is 24.7 Å². The number of nitrogens with zero attached hydrogens (tertiary/aromatic N) is 2. The Bertz CT molecular complexity index is 691. The summed E-state index contributed by atoms with van der Waals surface area (Å²) in [6.45, 7) is 1.89. The predicted octanol–water partition coefficient (Wildman–Crippen LogP) is 4.03. The first kappa shape index (κ1) is 19.5. The number of halogens is 5. The fourth-order valence-electron chi connectivity index (χ4n) is 2.84. The van der Waals surface area contributed by atoms with Gasteiger partial charge >= 0.3 is 6.18 Å². The van der Waals surface area contributed by atoms with Crippen molar-refractivity contribution >= 4 is 18.1 Å². The molecule has 1 atom stereocenters. The molecule has 1 fully saturated rings. The first-order valence-electron chi connectivity index (χ1n) is 7.68. The van der Waals surface area contributed by atoms with Crippen LogP contribution < -0.4 is 10.2 Å². The molecule has 0 radical (unpaired) electrons. The highest BCUT2D eigenvalue weighted by Gasteiger charge is 2.30. The standard InChI is InChI=1S/C17H17F4N3.ClH/c18-16-5-4-15(10-23-16)24-7-6-14(11-24)22-9-12-2-1-3-13(8-12)17(19,20)21;/h1-5,8,10,14,22H,6-7,9,11H2;1H. The van der Waals surface area contributed by atoms with Crippen LogP contribution in [0.25, 0.3) is 0 Å². The van der Waals surface area contributed by atoms with Crippen molar-refractivity contribution in [1.29, 1.82) is 0 Å². The van der Waals surface area contributed by atoms with Gasteiger partial charge in [-0.15, -0.1) is 12.4 Å². The van der Waals surface area contributed by atoms with Gasteiger partial charge in [-0.2, -0.15) is 17.6 Å². The Balaban J connectivity index is 0.00000225. The molecule has 0 spiro atoms. The molecule has 1 N–H and O–H groups in total. The molecule has 0 bridgehead atoms. The third-order valence-electron chi connectivity index (χ3n) is 4.11. The Hall–Kier alpha value is -1.86. The van der Waals surface area contributed by atoms with Crippen molar-refractivity contribution in [3.8, 4) is 0 Å². The number of anilines is 1. The molecule has 3 nitrogen and oxygen atoms in total. The fraction of sp³-hybridized carbons (Fsp3) is 0.353. The molecule has 0 saturated carbocycles. The van der Waals surface area contributed by atoms with Gasteiger partial charge in [0.2, 0.25) is 5.95 Å². The van der Waals surface area contributed by atoms with E-state index in [4.69, 9.17) is 0 Å². The lowest BCUT2D eigenvalue weighted by atomic mass is 10.1. The van der Waals surface area contributed by atoms with E-state index >= 15 is 0 Å². The van der Waals surface area contributed by atoms with E-state index in [1.807, 2.05) is 0 Å². The highest BCUT2D eigenvalue weighted by atomic mass is 35.5. The van der Waals surface area contributed by atoms with E-state index < -0.39 is 17.7 Å². The van der Waals surface area contributed by atoms with Crippen LogP contribution in [0.2, 0.25) is 0 Å². The normalized spacial score (nSPS) is 17.4.